The highest BCUT2D eigenvalue weighted by atomic mass is 16.3. The monoisotopic (exact) mass is 224 g/mol. The Morgan fingerprint density at radius 3 is 2.82 bits per heavy atom. The van der Waals surface area contributed by atoms with Crippen molar-refractivity contribution in [1.29, 1.82) is 0 Å². The number of aliphatic hydroxyl groups excluding tert-OH is 1. The van der Waals surface area contributed by atoms with Gasteiger partial charge in [-0.25, -0.2) is 0 Å². The summed E-state index contributed by atoms with van der Waals surface area (Å²) in [6.45, 7) is 2.33. The third-order valence-electron chi connectivity index (χ3n) is 3.78. The van der Waals surface area contributed by atoms with E-state index in [-0.39, 0.29) is 12.0 Å². The zero-order valence-corrected chi connectivity index (χ0v) is 9.98. The molecule has 0 amide bonds. The van der Waals surface area contributed by atoms with Crippen LogP contribution in [0.2, 0.25) is 0 Å². The summed E-state index contributed by atoms with van der Waals surface area (Å²) in [6.07, 6.45) is 5.23. The van der Waals surface area contributed by atoms with E-state index in [4.69, 9.17) is 0 Å². The van der Waals surface area contributed by atoms with Crippen molar-refractivity contribution >= 4 is 16.8 Å². The van der Waals surface area contributed by atoms with Gasteiger partial charge in [-0.15, -0.1) is 0 Å². The van der Waals surface area contributed by atoms with Crippen LogP contribution < -0.4 is 0 Å². The van der Waals surface area contributed by atoms with E-state index in [1.165, 1.54) is 21.9 Å². The highest BCUT2D eigenvalue weighted by Gasteiger charge is 2.30. The molecule has 1 atom stereocenters. The predicted octanol–water partition coefficient (Wildman–Crippen LogP) is 3.51. The number of benzene rings is 2. The van der Waals surface area contributed by atoms with Gasteiger partial charge in [0.1, 0.15) is 0 Å². The highest BCUT2D eigenvalue weighted by molar-refractivity contribution is 5.90. The summed E-state index contributed by atoms with van der Waals surface area (Å²) in [6, 6.07) is 12.7. The fourth-order valence-corrected chi connectivity index (χ4v) is 2.79. The second-order valence-electron chi connectivity index (χ2n) is 5.08. The van der Waals surface area contributed by atoms with E-state index in [0.717, 1.165) is 6.42 Å². The average molecular weight is 224 g/mol. The van der Waals surface area contributed by atoms with Crippen LogP contribution in [0.3, 0.4) is 0 Å². The minimum atomic E-state index is -0.148. The molecular formula is C16H16O. The molecule has 17 heavy (non-hydrogen) atoms. The molecule has 0 spiro atoms. The molecule has 0 saturated carbocycles. The molecule has 0 heterocycles. The second-order valence-corrected chi connectivity index (χ2v) is 5.08. The molecule has 2 aromatic carbocycles. The van der Waals surface area contributed by atoms with Crippen molar-refractivity contribution in [2.24, 2.45) is 0 Å². The molecule has 0 bridgehead atoms. The number of allylic oxidation sites excluding steroid dienone is 1. The third kappa shape index (κ3) is 1.50. The zero-order valence-electron chi connectivity index (χ0n) is 9.98. The molecule has 1 aliphatic rings. The number of hydrogen-bond donors (Lipinski definition) is 1. The lowest BCUT2D eigenvalue weighted by Gasteiger charge is -2.32. The van der Waals surface area contributed by atoms with Crippen LogP contribution in [-0.4, -0.2) is 11.7 Å². The van der Waals surface area contributed by atoms with Crippen LogP contribution in [-0.2, 0) is 5.41 Å². The van der Waals surface area contributed by atoms with E-state index in [1.54, 1.807) is 0 Å². The van der Waals surface area contributed by atoms with E-state index >= 15 is 0 Å². The fraction of sp³-hybridized carbons (Fsp3) is 0.250. The van der Waals surface area contributed by atoms with Gasteiger partial charge in [-0.2, -0.15) is 0 Å². The Bertz CT molecular complexity index is 597. The Morgan fingerprint density at radius 2 is 2.00 bits per heavy atom. The molecule has 3 rings (SSSR count). The maximum absolute atomic E-state index is 9.72. The van der Waals surface area contributed by atoms with Crippen LogP contribution in [0.15, 0.2) is 42.5 Å². The van der Waals surface area contributed by atoms with Gasteiger partial charge in [0.15, 0.2) is 0 Å². The quantitative estimate of drug-likeness (QED) is 0.786. The first-order valence-corrected chi connectivity index (χ1v) is 6.04. The van der Waals surface area contributed by atoms with Crippen molar-refractivity contribution in [1.82, 2.24) is 0 Å². The fourth-order valence-electron chi connectivity index (χ4n) is 2.79. The van der Waals surface area contributed by atoms with Crippen LogP contribution in [0.5, 0.6) is 0 Å². The molecule has 0 aromatic heterocycles. The van der Waals surface area contributed by atoms with Gasteiger partial charge in [0.05, 0.1) is 6.61 Å². The largest absolute Gasteiger partial charge is 0.395 e. The highest BCUT2D eigenvalue weighted by Crippen LogP contribution is 2.39. The summed E-state index contributed by atoms with van der Waals surface area (Å²) >= 11 is 0. The molecular weight excluding hydrogens is 208 g/mol. The molecule has 2 aromatic rings. The SMILES string of the molecule is CC1(CO)CC=Cc2ccc3ccccc3c21. The van der Waals surface area contributed by atoms with Gasteiger partial charge in [0.2, 0.25) is 0 Å². The summed E-state index contributed by atoms with van der Waals surface area (Å²) < 4.78 is 0. The smallest absolute Gasteiger partial charge is 0.0528 e. The summed E-state index contributed by atoms with van der Waals surface area (Å²) in [5.41, 5.74) is 2.39. The minimum absolute atomic E-state index is 0.148. The van der Waals surface area contributed by atoms with Gasteiger partial charge in [-0.1, -0.05) is 55.5 Å². The first kappa shape index (κ1) is 10.5. The van der Waals surface area contributed by atoms with Crippen molar-refractivity contribution in [3.8, 4) is 0 Å². The maximum atomic E-state index is 9.72. The number of hydrogen-bond acceptors (Lipinski definition) is 1. The molecule has 1 heteroatoms. The van der Waals surface area contributed by atoms with Crippen LogP contribution in [0.4, 0.5) is 0 Å². The topological polar surface area (TPSA) is 20.2 Å². The van der Waals surface area contributed by atoms with Crippen molar-refractivity contribution in [3.63, 3.8) is 0 Å². The maximum Gasteiger partial charge on any atom is 0.0528 e. The summed E-state index contributed by atoms with van der Waals surface area (Å²) in [5, 5.41) is 12.2. The summed E-state index contributed by atoms with van der Waals surface area (Å²) in [7, 11) is 0. The second kappa shape index (κ2) is 3.71. The van der Waals surface area contributed by atoms with E-state index in [0.29, 0.717) is 0 Å². The molecule has 1 N–H and O–H groups in total. The van der Waals surface area contributed by atoms with E-state index < -0.39 is 0 Å². The molecule has 86 valence electrons. The molecule has 1 unspecified atom stereocenters. The van der Waals surface area contributed by atoms with E-state index in [2.05, 4.69) is 55.5 Å². The molecule has 1 nitrogen and oxygen atoms in total. The molecule has 0 fully saturated rings. The number of fused-ring (bicyclic) bond motifs is 3. The summed E-state index contributed by atoms with van der Waals surface area (Å²) in [5.74, 6) is 0. The molecule has 0 radical (unpaired) electrons. The average Bonchev–Trinajstić information content (AvgIpc) is 2.38. The van der Waals surface area contributed by atoms with Crippen molar-refractivity contribution in [3.05, 3.63) is 53.6 Å². The lowest BCUT2D eigenvalue weighted by molar-refractivity contribution is 0.207. The Balaban J connectivity index is 2.40. The third-order valence-corrected chi connectivity index (χ3v) is 3.78. The van der Waals surface area contributed by atoms with Gasteiger partial charge in [-0.05, 0) is 28.3 Å². The Morgan fingerprint density at radius 1 is 1.18 bits per heavy atom. The van der Waals surface area contributed by atoms with Crippen molar-refractivity contribution < 1.29 is 5.11 Å². The standard InChI is InChI=1S/C16H16O/c1-16(11-17)10-4-6-13-9-8-12-5-2-3-7-14(12)15(13)16/h2-9,17H,10-11H2,1H3. The number of rotatable bonds is 1. The minimum Gasteiger partial charge on any atom is -0.395 e. The predicted molar refractivity (Wildman–Crippen MR) is 72.0 cm³/mol. The Kier molecular flexibility index (Phi) is 2.30. The van der Waals surface area contributed by atoms with Crippen molar-refractivity contribution in [2.45, 2.75) is 18.8 Å². The van der Waals surface area contributed by atoms with E-state index in [9.17, 15) is 5.11 Å². The Hall–Kier alpha value is -1.60. The first-order chi connectivity index (χ1) is 8.24. The molecule has 0 saturated heterocycles. The molecule has 1 aliphatic carbocycles. The van der Waals surface area contributed by atoms with Crippen LogP contribution in [0.25, 0.3) is 16.8 Å². The van der Waals surface area contributed by atoms with Gasteiger partial charge in [0.25, 0.3) is 0 Å². The van der Waals surface area contributed by atoms with Gasteiger partial charge >= 0.3 is 0 Å². The van der Waals surface area contributed by atoms with Gasteiger partial charge in [0, 0.05) is 5.41 Å². The van der Waals surface area contributed by atoms with Crippen LogP contribution in [0.1, 0.15) is 24.5 Å². The number of aliphatic hydroxyl groups is 1. The zero-order chi connectivity index (χ0) is 11.9. The van der Waals surface area contributed by atoms with Crippen molar-refractivity contribution in [2.75, 3.05) is 6.61 Å². The van der Waals surface area contributed by atoms with E-state index in [1.807, 2.05) is 0 Å². The normalized spacial score (nSPS) is 22.7. The lowest BCUT2D eigenvalue weighted by atomic mass is 9.73. The summed E-state index contributed by atoms with van der Waals surface area (Å²) in [4.78, 5) is 0. The first-order valence-electron chi connectivity index (χ1n) is 6.04. The molecule has 0 aliphatic heterocycles. The van der Waals surface area contributed by atoms with Crippen LogP contribution in [0, 0.1) is 0 Å². The Labute approximate surface area is 101 Å². The van der Waals surface area contributed by atoms with Gasteiger partial charge in [-0.3, -0.25) is 0 Å². The van der Waals surface area contributed by atoms with Gasteiger partial charge < -0.3 is 5.11 Å². The lowest BCUT2D eigenvalue weighted by Crippen LogP contribution is -2.29. The van der Waals surface area contributed by atoms with Crippen LogP contribution >= 0.6 is 0 Å².